The number of esters is 1. The molecule has 0 spiro atoms. The standard InChI is InChI=1S/C16H21N3O8S.Zn/c1-7(20)27-5-8-6-28-14-11(13(22)19(14)12(8)16(25)26)18-10(21)4-2-3-9(17)15(23)24;/h9,11,14H,2-6,17H2,1H3,(H,18,21)(H,23,24)(H,25,26);/q;+2/p-2/t9-,11+,14+;/m0./s1. The van der Waals surface area contributed by atoms with Gasteiger partial charge < -0.3 is 35.6 Å². The summed E-state index contributed by atoms with van der Waals surface area (Å²) < 4.78 is 4.81. The predicted molar refractivity (Wildman–Crippen MR) is 90.5 cm³/mol. The van der Waals surface area contributed by atoms with Gasteiger partial charge in [-0.1, -0.05) is 0 Å². The molecule has 0 aliphatic carbocycles. The number of ether oxygens (including phenoxy) is 1. The number of carbonyl (C=O) groups is 5. The zero-order chi connectivity index (χ0) is 21.0. The van der Waals surface area contributed by atoms with E-state index >= 15 is 0 Å². The smallest absolute Gasteiger partial charge is 0.548 e. The summed E-state index contributed by atoms with van der Waals surface area (Å²) >= 11 is 1.22. The van der Waals surface area contributed by atoms with Crippen molar-refractivity contribution >= 4 is 41.5 Å². The number of nitrogens with one attached hydrogen (secondary N) is 1. The Morgan fingerprint density at radius 1 is 1.34 bits per heavy atom. The number of thioether (sulfide) groups is 1. The second-order valence-corrected chi connectivity index (χ2v) is 7.40. The van der Waals surface area contributed by atoms with E-state index < -0.39 is 47.2 Å². The first-order valence-corrected chi connectivity index (χ1v) is 9.45. The van der Waals surface area contributed by atoms with Gasteiger partial charge in [0.25, 0.3) is 5.91 Å². The third-order valence-corrected chi connectivity index (χ3v) is 5.57. The van der Waals surface area contributed by atoms with Crippen LogP contribution in [-0.4, -0.2) is 64.4 Å². The molecule has 3 N–H and O–H groups in total. The van der Waals surface area contributed by atoms with E-state index in [-0.39, 0.29) is 62.4 Å². The number of carbonyl (C=O) groups excluding carboxylic acids is 5. The Bertz CT molecular complexity index is 744. The maximum absolute atomic E-state index is 12.4. The minimum atomic E-state index is -1.57. The first-order chi connectivity index (χ1) is 13.1. The van der Waals surface area contributed by atoms with Gasteiger partial charge >= 0.3 is 25.4 Å². The van der Waals surface area contributed by atoms with Crippen LogP contribution >= 0.6 is 11.8 Å². The molecule has 2 aliphatic rings. The molecule has 1 saturated heterocycles. The van der Waals surface area contributed by atoms with Gasteiger partial charge in [0.05, 0.1) is 17.6 Å². The van der Waals surface area contributed by atoms with E-state index in [1.807, 2.05) is 0 Å². The van der Waals surface area contributed by atoms with Crippen LogP contribution in [0.15, 0.2) is 11.3 Å². The van der Waals surface area contributed by atoms with Crippen molar-refractivity contribution in [2.75, 3.05) is 12.4 Å². The average molecular weight is 479 g/mol. The molecule has 29 heavy (non-hydrogen) atoms. The van der Waals surface area contributed by atoms with Crippen LogP contribution in [0.5, 0.6) is 0 Å². The van der Waals surface area contributed by atoms with Gasteiger partial charge in [-0.05, 0) is 12.8 Å². The Kier molecular flexibility index (Phi) is 9.25. The number of rotatable bonds is 9. The van der Waals surface area contributed by atoms with Gasteiger partial charge in [0, 0.05) is 30.7 Å². The maximum atomic E-state index is 12.4. The predicted octanol–water partition coefficient (Wildman–Crippen LogP) is -3.80. The van der Waals surface area contributed by atoms with E-state index in [1.165, 1.54) is 18.7 Å². The number of carboxylic acid groups (broad SMARTS) is 2. The van der Waals surface area contributed by atoms with E-state index in [2.05, 4.69) is 5.32 Å². The molecule has 11 nitrogen and oxygen atoms in total. The molecule has 2 heterocycles. The van der Waals surface area contributed by atoms with Crippen LogP contribution in [0.4, 0.5) is 0 Å². The summed E-state index contributed by atoms with van der Waals surface area (Å²) in [4.78, 5) is 58.3. The van der Waals surface area contributed by atoms with Crippen molar-refractivity contribution in [3.63, 3.8) is 0 Å². The fourth-order valence-electron chi connectivity index (χ4n) is 2.82. The molecule has 0 aromatic carbocycles. The maximum Gasteiger partial charge on any atom is 2.00 e. The Morgan fingerprint density at radius 3 is 2.55 bits per heavy atom. The van der Waals surface area contributed by atoms with Crippen LogP contribution < -0.4 is 21.3 Å². The van der Waals surface area contributed by atoms with E-state index in [4.69, 9.17) is 10.5 Å². The number of hydrogen-bond donors (Lipinski definition) is 2. The Labute approximate surface area is 183 Å². The molecule has 0 unspecified atom stereocenters. The van der Waals surface area contributed by atoms with Gasteiger partial charge in [-0.25, -0.2) is 0 Å². The van der Waals surface area contributed by atoms with Crippen molar-refractivity contribution in [2.24, 2.45) is 5.73 Å². The zero-order valence-electron chi connectivity index (χ0n) is 15.7. The van der Waals surface area contributed by atoms with Crippen LogP contribution in [0.25, 0.3) is 0 Å². The first kappa shape index (κ1) is 25.1. The summed E-state index contributed by atoms with van der Waals surface area (Å²) in [6.07, 6.45) is 0.207. The quantitative estimate of drug-likeness (QED) is 0.189. The molecular formula is C16H19N3O8SZn. The summed E-state index contributed by atoms with van der Waals surface area (Å²) in [7, 11) is 0. The van der Waals surface area contributed by atoms with Crippen molar-refractivity contribution in [1.29, 1.82) is 0 Å². The average Bonchev–Trinajstić information content (AvgIpc) is 2.62. The van der Waals surface area contributed by atoms with Crippen molar-refractivity contribution in [2.45, 2.75) is 43.6 Å². The minimum Gasteiger partial charge on any atom is -0.548 e. The van der Waals surface area contributed by atoms with Crippen molar-refractivity contribution in [3.8, 4) is 0 Å². The minimum absolute atomic E-state index is 0. The van der Waals surface area contributed by atoms with Crippen LogP contribution in [-0.2, 0) is 48.2 Å². The first-order valence-electron chi connectivity index (χ1n) is 8.40. The monoisotopic (exact) mass is 477 g/mol. The SMILES string of the molecule is CC(=O)OCC1=C(C(=O)[O-])N2C(=O)[C@@H](NC(=O)CCC[C@H](N)C(=O)[O-])[C@H]2SC1.[Zn+2]. The normalized spacial score (nSPS) is 21.3. The molecular weight excluding hydrogens is 460 g/mol. The third-order valence-electron chi connectivity index (χ3n) is 4.23. The molecule has 0 saturated carbocycles. The van der Waals surface area contributed by atoms with Gasteiger partial charge in [-0.2, -0.15) is 0 Å². The van der Waals surface area contributed by atoms with Crippen LogP contribution in [0.2, 0.25) is 0 Å². The van der Waals surface area contributed by atoms with E-state index in [1.54, 1.807) is 0 Å². The Balaban J connectivity index is 0.00000420. The number of carboxylic acids is 2. The van der Waals surface area contributed by atoms with Gasteiger partial charge in [0.2, 0.25) is 5.91 Å². The van der Waals surface area contributed by atoms with Crippen LogP contribution in [0, 0.1) is 0 Å². The zero-order valence-corrected chi connectivity index (χ0v) is 19.5. The van der Waals surface area contributed by atoms with Gasteiger partial charge in [-0.15, -0.1) is 11.8 Å². The molecule has 3 atom stereocenters. The van der Waals surface area contributed by atoms with Crippen molar-refractivity contribution < 1.29 is 58.4 Å². The Hall–Kier alpha value is -1.98. The summed E-state index contributed by atoms with van der Waals surface area (Å²) in [5, 5.41) is 23.9. The molecule has 2 aliphatic heterocycles. The fraction of sp³-hybridized carbons (Fsp3) is 0.562. The van der Waals surface area contributed by atoms with Gasteiger partial charge in [-0.3, -0.25) is 19.3 Å². The third kappa shape index (κ3) is 6.00. The summed E-state index contributed by atoms with van der Waals surface area (Å²) in [6.45, 7) is 0.913. The summed E-state index contributed by atoms with van der Waals surface area (Å²) in [5.41, 5.74) is 5.19. The fourth-order valence-corrected chi connectivity index (χ4v) is 4.14. The van der Waals surface area contributed by atoms with Crippen LogP contribution in [0.3, 0.4) is 0 Å². The molecule has 2 rings (SSSR count). The number of amides is 2. The molecule has 1 fully saturated rings. The second-order valence-electron chi connectivity index (χ2n) is 6.29. The molecule has 2 amide bonds. The van der Waals surface area contributed by atoms with E-state index in [0.29, 0.717) is 0 Å². The molecule has 0 aromatic rings. The van der Waals surface area contributed by atoms with Crippen LogP contribution in [0.1, 0.15) is 26.2 Å². The van der Waals surface area contributed by atoms with Crippen molar-refractivity contribution in [3.05, 3.63) is 11.3 Å². The van der Waals surface area contributed by atoms with E-state index in [0.717, 1.165) is 4.90 Å². The second kappa shape index (κ2) is 10.7. The number of β-lactam (4-membered cyclic amide) rings is 1. The number of fused-ring (bicyclic) bond motifs is 1. The van der Waals surface area contributed by atoms with E-state index in [9.17, 15) is 34.2 Å². The molecule has 154 valence electrons. The number of hydrogen-bond acceptors (Lipinski definition) is 10. The summed E-state index contributed by atoms with van der Waals surface area (Å²) in [5.74, 6) is -4.46. The molecule has 13 heteroatoms. The molecule has 0 bridgehead atoms. The van der Waals surface area contributed by atoms with Gasteiger partial charge in [0.15, 0.2) is 0 Å². The van der Waals surface area contributed by atoms with Crippen molar-refractivity contribution in [1.82, 2.24) is 10.2 Å². The number of nitrogens with two attached hydrogens (primary N) is 1. The number of aliphatic carboxylic acids is 2. The largest absolute Gasteiger partial charge is 2.00 e. The summed E-state index contributed by atoms with van der Waals surface area (Å²) in [6, 6.07) is -2.08. The molecule has 0 aromatic heterocycles. The number of nitrogens with zero attached hydrogens (tertiary/aromatic N) is 1. The van der Waals surface area contributed by atoms with Gasteiger partial charge in [0.1, 0.15) is 18.0 Å². The topological polar surface area (TPSA) is 182 Å². The molecule has 0 radical (unpaired) electrons. The Morgan fingerprint density at radius 2 is 2.00 bits per heavy atom.